The van der Waals surface area contributed by atoms with Crippen molar-refractivity contribution < 1.29 is 0 Å². The first-order valence-corrected chi connectivity index (χ1v) is 8.20. The first-order chi connectivity index (χ1) is 11.6. The number of hydrogen-bond donors (Lipinski definition) is 0. The predicted molar refractivity (Wildman–Crippen MR) is 95.4 cm³/mol. The topological polar surface area (TPSA) is 56.0 Å². The van der Waals surface area contributed by atoms with Gasteiger partial charge in [-0.15, -0.1) is 10.2 Å². The van der Waals surface area contributed by atoms with Crippen LogP contribution in [0.4, 0.5) is 0 Å². The molecule has 1 aromatic carbocycles. The fourth-order valence-electron chi connectivity index (χ4n) is 2.85. The van der Waals surface area contributed by atoms with Gasteiger partial charge in [-0.05, 0) is 42.7 Å². The van der Waals surface area contributed by atoms with Crippen LogP contribution in [0.15, 0.2) is 36.5 Å². The zero-order chi connectivity index (χ0) is 16.8. The van der Waals surface area contributed by atoms with Crippen molar-refractivity contribution in [2.75, 3.05) is 0 Å². The molecule has 4 aromatic rings. The van der Waals surface area contributed by atoms with Crippen molar-refractivity contribution in [3.05, 3.63) is 52.8 Å². The second-order valence-electron chi connectivity index (χ2n) is 6.12. The van der Waals surface area contributed by atoms with Gasteiger partial charge in [0.1, 0.15) is 5.52 Å². The van der Waals surface area contributed by atoms with Crippen LogP contribution in [0.1, 0.15) is 31.0 Å². The van der Waals surface area contributed by atoms with Crippen molar-refractivity contribution in [2.45, 2.75) is 26.7 Å². The molecule has 0 aliphatic rings. The van der Waals surface area contributed by atoms with Crippen molar-refractivity contribution in [3.63, 3.8) is 0 Å². The molecule has 0 unspecified atom stereocenters. The van der Waals surface area contributed by atoms with Gasteiger partial charge in [-0.3, -0.25) is 4.40 Å². The number of halogens is 1. The number of hydrogen-bond acceptors (Lipinski definition) is 4. The van der Waals surface area contributed by atoms with E-state index in [2.05, 4.69) is 40.1 Å². The molecular weight excluding hydrogens is 322 g/mol. The third-order valence-electron chi connectivity index (χ3n) is 4.15. The van der Waals surface area contributed by atoms with E-state index in [0.29, 0.717) is 22.4 Å². The molecular formula is C18H16ClN5. The highest BCUT2D eigenvalue weighted by Gasteiger charge is 2.17. The van der Waals surface area contributed by atoms with Gasteiger partial charge < -0.3 is 0 Å². The first-order valence-electron chi connectivity index (χ1n) is 7.82. The Labute approximate surface area is 144 Å². The standard InChI is InChI=1S/C18H16ClN5/c1-10(2)12-6-7-14(19)13(9-12)17-23-22-16-11(3)21-15-5-4-8-20-18(15)24(16)17/h4-10H,1-3H3. The highest BCUT2D eigenvalue weighted by atomic mass is 35.5. The molecule has 0 bridgehead atoms. The minimum Gasteiger partial charge on any atom is -0.255 e. The number of aromatic nitrogens is 5. The predicted octanol–water partition coefficient (Wildman–Crippen LogP) is 4.42. The van der Waals surface area contributed by atoms with Crippen LogP contribution in [0.25, 0.3) is 28.2 Å². The lowest BCUT2D eigenvalue weighted by Gasteiger charge is -2.10. The molecule has 0 N–H and O–H groups in total. The highest BCUT2D eigenvalue weighted by molar-refractivity contribution is 6.33. The zero-order valence-electron chi connectivity index (χ0n) is 13.7. The Kier molecular flexibility index (Phi) is 3.46. The SMILES string of the molecule is Cc1nc2cccnc2n2c(-c3cc(C(C)C)ccc3Cl)nnc12. The molecule has 0 spiro atoms. The van der Waals surface area contributed by atoms with E-state index in [1.807, 2.05) is 35.6 Å². The van der Waals surface area contributed by atoms with Gasteiger partial charge in [0, 0.05) is 11.8 Å². The van der Waals surface area contributed by atoms with E-state index in [4.69, 9.17) is 11.6 Å². The van der Waals surface area contributed by atoms with Crippen molar-refractivity contribution in [1.82, 2.24) is 24.6 Å². The number of pyridine rings is 1. The molecule has 0 saturated heterocycles. The molecule has 120 valence electrons. The summed E-state index contributed by atoms with van der Waals surface area (Å²) in [5.41, 5.74) is 5.10. The minimum absolute atomic E-state index is 0.401. The lowest BCUT2D eigenvalue weighted by Crippen LogP contribution is -2.00. The number of nitrogens with zero attached hydrogens (tertiary/aromatic N) is 5. The van der Waals surface area contributed by atoms with E-state index in [-0.39, 0.29) is 0 Å². The van der Waals surface area contributed by atoms with Crippen molar-refractivity contribution >= 4 is 28.4 Å². The van der Waals surface area contributed by atoms with Crippen LogP contribution in [0.5, 0.6) is 0 Å². The smallest absolute Gasteiger partial charge is 0.184 e. The van der Waals surface area contributed by atoms with Crippen LogP contribution >= 0.6 is 11.6 Å². The van der Waals surface area contributed by atoms with Crippen LogP contribution in [0, 0.1) is 6.92 Å². The molecule has 0 saturated carbocycles. The molecule has 0 aliphatic carbocycles. The number of rotatable bonds is 2. The Morgan fingerprint density at radius 2 is 1.92 bits per heavy atom. The van der Waals surface area contributed by atoms with Crippen molar-refractivity contribution in [3.8, 4) is 11.4 Å². The van der Waals surface area contributed by atoms with E-state index in [1.54, 1.807) is 6.20 Å². The van der Waals surface area contributed by atoms with Gasteiger partial charge in [-0.25, -0.2) is 9.97 Å². The van der Waals surface area contributed by atoms with Crippen LogP contribution in [-0.2, 0) is 0 Å². The van der Waals surface area contributed by atoms with E-state index >= 15 is 0 Å². The van der Waals surface area contributed by atoms with Gasteiger partial charge in [0.15, 0.2) is 17.1 Å². The molecule has 3 aromatic heterocycles. The van der Waals surface area contributed by atoms with Gasteiger partial charge in [-0.1, -0.05) is 31.5 Å². The Hall–Kier alpha value is -2.53. The minimum atomic E-state index is 0.401. The summed E-state index contributed by atoms with van der Waals surface area (Å²) >= 11 is 6.47. The summed E-state index contributed by atoms with van der Waals surface area (Å²) in [6, 6.07) is 9.84. The second kappa shape index (κ2) is 5.53. The fourth-order valence-corrected chi connectivity index (χ4v) is 3.05. The Morgan fingerprint density at radius 1 is 1.08 bits per heavy atom. The van der Waals surface area contributed by atoms with Gasteiger partial charge in [0.05, 0.1) is 10.7 Å². The maximum Gasteiger partial charge on any atom is 0.184 e. The summed E-state index contributed by atoms with van der Waals surface area (Å²) in [6.45, 7) is 6.23. The third-order valence-corrected chi connectivity index (χ3v) is 4.48. The fraction of sp³-hybridized carbons (Fsp3) is 0.222. The van der Waals surface area contributed by atoms with Crippen molar-refractivity contribution in [2.24, 2.45) is 0 Å². The van der Waals surface area contributed by atoms with Crippen LogP contribution in [0.2, 0.25) is 5.02 Å². The summed E-state index contributed by atoms with van der Waals surface area (Å²) in [5.74, 6) is 1.09. The van der Waals surface area contributed by atoms with Gasteiger partial charge in [0.2, 0.25) is 0 Å². The van der Waals surface area contributed by atoms with E-state index in [9.17, 15) is 0 Å². The molecule has 3 heterocycles. The molecule has 0 atom stereocenters. The number of aryl methyl sites for hydroxylation is 1. The Balaban J connectivity index is 2.10. The van der Waals surface area contributed by atoms with Crippen LogP contribution in [-0.4, -0.2) is 24.6 Å². The van der Waals surface area contributed by atoms with E-state index in [0.717, 1.165) is 22.4 Å². The Morgan fingerprint density at radius 3 is 2.71 bits per heavy atom. The van der Waals surface area contributed by atoms with Gasteiger partial charge in [0.25, 0.3) is 0 Å². The lowest BCUT2D eigenvalue weighted by molar-refractivity contribution is 0.866. The largest absolute Gasteiger partial charge is 0.255 e. The average molecular weight is 338 g/mol. The summed E-state index contributed by atoms with van der Waals surface area (Å²) in [5, 5.41) is 9.34. The molecule has 5 nitrogen and oxygen atoms in total. The second-order valence-corrected chi connectivity index (χ2v) is 6.53. The average Bonchev–Trinajstić information content (AvgIpc) is 3.01. The monoisotopic (exact) mass is 337 g/mol. The molecule has 0 radical (unpaired) electrons. The molecule has 0 aliphatic heterocycles. The number of fused-ring (bicyclic) bond motifs is 3. The Bertz CT molecular complexity index is 1070. The highest BCUT2D eigenvalue weighted by Crippen LogP contribution is 2.31. The summed E-state index contributed by atoms with van der Waals surface area (Å²) in [6.07, 6.45) is 1.74. The summed E-state index contributed by atoms with van der Waals surface area (Å²) in [7, 11) is 0. The van der Waals surface area contributed by atoms with Crippen LogP contribution in [0.3, 0.4) is 0 Å². The number of benzene rings is 1. The maximum absolute atomic E-state index is 6.47. The molecule has 0 amide bonds. The van der Waals surface area contributed by atoms with Gasteiger partial charge in [-0.2, -0.15) is 0 Å². The quantitative estimate of drug-likeness (QED) is 0.543. The maximum atomic E-state index is 6.47. The molecule has 0 fully saturated rings. The summed E-state index contributed by atoms with van der Waals surface area (Å²) < 4.78 is 1.93. The van der Waals surface area contributed by atoms with Crippen LogP contribution < -0.4 is 0 Å². The van der Waals surface area contributed by atoms with E-state index < -0.39 is 0 Å². The summed E-state index contributed by atoms with van der Waals surface area (Å²) in [4.78, 5) is 9.03. The molecule has 6 heteroatoms. The lowest BCUT2D eigenvalue weighted by atomic mass is 10.0. The zero-order valence-corrected chi connectivity index (χ0v) is 14.4. The van der Waals surface area contributed by atoms with Crippen molar-refractivity contribution in [1.29, 1.82) is 0 Å². The normalized spacial score (nSPS) is 11.7. The third kappa shape index (κ3) is 2.24. The van der Waals surface area contributed by atoms with Gasteiger partial charge >= 0.3 is 0 Å². The first kappa shape index (κ1) is 15.0. The van der Waals surface area contributed by atoms with E-state index in [1.165, 1.54) is 5.56 Å². The molecule has 24 heavy (non-hydrogen) atoms. The molecule has 4 rings (SSSR count).